The van der Waals surface area contributed by atoms with E-state index in [4.69, 9.17) is 18.6 Å². The first-order valence-corrected chi connectivity index (χ1v) is 11.3. The average Bonchev–Trinajstić information content (AvgIpc) is 3.46. The SMILES string of the molecule is CCOc1ccc(/C(O)=C2\C(=O)C(=O)N(Cc3ccco3)C2c2ccccc2OC)c(OCC)c1. The summed E-state index contributed by atoms with van der Waals surface area (Å²) in [4.78, 5) is 27.9. The van der Waals surface area contributed by atoms with Gasteiger partial charge in [0.25, 0.3) is 11.7 Å². The molecule has 1 aliphatic heterocycles. The molecule has 182 valence electrons. The zero-order valence-electron chi connectivity index (χ0n) is 19.8. The second-order valence-corrected chi connectivity index (χ2v) is 7.77. The first-order chi connectivity index (χ1) is 17.0. The first-order valence-electron chi connectivity index (χ1n) is 11.3. The van der Waals surface area contributed by atoms with Gasteiger partial charge in [0.1, 0.15) is 28.8 Å². The van der Waals surface area contributed by atoms with E-state index in [1.807, 2.05) is 13.8 Å². The molecular weight excluding hydrogens is 450 g/mol. The Bertz CT molecular complexity index is 1250. The number of ketones is 1. The summed E-state index contributed by atoms with van der Waals surface area (Å²) in [5.74, 6) is -0.00918. The number of carbonyl (C=O) groups is 2. The molecule has 1 aliphatic rings. The van der Waals surface area contributed by atoms with Crippen LogP contribution in [0.5, 0.6) is 17.2 Å². The predicted molar refractivity (Wildman–Crippen MR) is 128 cm³/mol. The lowest BCUT2D eigenvalue weighted by molar-refractivity contribution is -0.140. The number of nitrogens with zero attached hydrogens (tertiary/aromatic N) is 1. The van der Waals surface area contributed by atoms with Gasteiger partial charge in [-0.05, 0) is 44.2 Å². The quantitative estimate of drug-likeness (QED) is 0.271. The predicted octanol–water partition coefficient (Wildman–Crippen LogP) is 4.71. The molecule has 2 heterocycles. The van der Waals surface area contributed by atoms with Crippen LogP contribution in [0.15, 0.2) is 70.9 Å². The molecule has 0 aliphatic carbocycles. The van der Waals surface area contributed by atoms with E-state index < -0.39 is 17.7 Å². The number of aliphatic hydroxyl groups excluding tert-OH is 1. The first kappa shape index (κ1) is 23.9. The molecule has 1 aromatic heterocycles. The number of likely N-dealkylation sites (tertiary alicyclic amines) is 1. The Morgan fingerprint density at radius 2 is 1.77 bits per heavy atom. The number of Topliss-reactive ketones (excluding diaryl/α,β-unsaturated/α-hetero) is 1. The second kappa shape index (κ2) is 10.4. The molecule has 1 fully saturated rings. The molecule has 0 saturated carbocycles. The van der Waals surface area contributed by atoms with Crippen LogP contribution < -0.4 is 14.2 Å². The van der Waals surface area contributed by atoms with Crippen molar-refractivity contribution in [3.8, 4) is 17.2 Å². The molecule has 4 rings (SSSR count). The Hall–Kier alpha value is -4.20. The number of para-hydroxylation sites is 1. The topological polar surface area (TPSA) is 98.4 Å². The van der Waals surface area contributed by atoms with E-state index in [0.717, 1.165) is 0 Å². The Morgan fingerprint density at radius 1 is 1.00 bits per heavy atom. The molecule has 0 bridgehead atoms. The fraction of sp³-hybridized carbons (Fsp3) is 0.259. The van der Waals surface area contributed by atoms with Gasteiger partial charge >= 0.3 is 0 Å². The molecule has 0 radical (unpaired) electrons. The third-order valence-corrected chi connectivity index (χ3v) is 5.70. The summed E-state index contributed by atoms with van der Waals surface area (Å²) in [5, 5.41) is 11.5. The van der Waals surface area contributed by atoms with Gasteiger partial charge in [0, 0.05) is 11.6 Å². The molecule has 1 saturated heterocycles. The van der Waals surface area contributed by atoms with E-state index in [-0.39, 0.29) is 23.4 Å². The number of furan rings is 1. The maximum Gasteiger partial charge on any atom is 0.296 e. The van der Waals surface area contributed by atoms with Crippen LogP contribution in [0.1, 0.15) is 36.8 Å². The van der Waals surface area contributed by atoms with E-state index in [1.165, 1.54) is 18.3 Å². The van der Waals surface area contributed by atoms with Gasteiger partial charge in [0.05, 0.1) is 50.3 Å². The number of benzene rings is 2. The lowest BCUT2D eigenvalue weighted by atomic mass is 9.94. The van der Waals surface area contributed by atoms with Crippen molar-refractivity contribution in [3.05, 3.63) is 83.3 Å². The van der Waals surface area contributed by atoms with E-state index >= 15 is 0 Å². The Labute approximate surface area is 203 Å². The third-order valence-electron chi connectivity index (χ3n) is 5.70. The number of rotatable bonds is 9. The van der Waals surface area contributed by atoms with Crippen LogP contribution in [0.3, 0.4) is 0 Å². The highest BCUT2D eigenvalue weighted by Gasteiger charge is 2.47. The molecule has 1 unspecified atom stereocenters. The lowest BCUT2D eigenvalue weighted by Crippen LogP contribution is -2.29. The van der Waals surface area contributed by atoms with Crippen LogP contribution in [0.2, 0.25) is 0 Å². The fourth-order valence-electron chi connectivity index (χ4n) is 4.20. The maximum atomic E-state index is 13.3. The van der Waals surface area contributed by atoms with Crippen molar-refractivity contribution in [3.63, 3.8) is 0 Å². The van der Waals surface area contributed by atoms with Gasteiger partial charge in [0.15, 0.2) is 0 Å². The number of ether oxygens (including phenoxy) is 3. The summed E-state index contributed by atoms with van der Waals surface area (Å²) >= 11 is 0. The summed E-state index contributed by atoms with van der Waals surface area (Å²) in [6.45, 7) is 4.51. The monoisotopic (exact) mass is 477 g/mol. The smallest absolute Gasteiger partial charge is 0.296 e. The summed E-state index contributed by atoms with van der Waals surface area (Å²) in [7, 11) is 1.51. The van der Waals surface area contributed by atoms with Crippen molar-refractivity contribution in [2.45, 2.75) is 26.4 Å². The van der Waals surface area contributed by atoms with Gasteiger partial charge in [-0.15, -0.1) is 0 Å². The van der Waals surface area contributed by atoms with Crippen LogP contribution in [0.4, 0.5) is 0 Å². The zero-order chi connectivity index (χ0) is 24.9. The maximum absolute atomic E-state index is 13.3. The van der Waals surface area contributed by atoms with Crippen molar-refractivity contribution in [2.24, 2.45) is 0 Å². The van der Waals surface area contributed by atoms with Gasteiger partial charge in [-0.2, -0.15) is 0 Å². The molecule has 0 spiro atoms. The molecule has 8 nitrogen and oxygen atoms in total. The van der Waals surface area contributed by atoms with Crippen LogP contribution in [-0.2, 0) is 16.1 Å². The van der Waals surface area contributed by atoms with E-state index in [0.29, 0.717) is 41.8 Å². The van der Waals surface area contributed by atoms with Gasteiger partial charge in [-0.25, -0.2) is 0 Å². The minimum absolute atomic E-state index is 0.0403. The van der Waals surface area contributed by atoms with Crippen LogP contribution in [0, 0.1) is 0 Å². The zero-order valence-corrected chi connectivity index (χ0v) is 19.8. The van der Waals surface area contributed by atoms with Gasteiger partial charge < -0.3 is 28.6 Å². The van der Waals surface area contributed by atoms with Crippen molar-refractivity contribution < 1.29 is 33.3 Å². The summed E-state index contributed by atoms with van der Waals surface area (Å²) in [6, 6.07) is 14.5. The summed E-state index contributed by atoms with van der Waals surface area (Å²) in [5.41, 5.74) is 0.786. The van der Waals surface area contributed by atoms with Gasteiger partial charge in [-0.3, -0.25) is 9.59 Å². The van der Waals surface area contributed by atoms with Crippen molar-refractivity contribution in [1.82, 2.24) is 4.90 Å². The molecule has 2 aromatic carbocycles. The van der Waals surface area contributed by atoms with Crippen LogP contribution >= 0.6 is 0 Å². The van der Waals surface area contributed by atoms with Gasteiger partial charge in [-0.1, -0.05) is 18.2 Å². The Kier molecular flexibility index (Phi) is 7.10. The second-order valence-electron chi connectivity index (χ2n) is 7.77. The minimum atomic E-state index is -0.905. The molecule has 35 heavy (non-hydrogen) atoms. The van der Waals surface area contributed by atoms with E-state index in [2.05, 4.69) is 0 Å². The molecule has 3 aromatic rings. The highest BCUT2D eigenvalue weighted by atomic mass is 16.5. The molecule has 1 amide bonds. The molecular formula is C27H27NO7. The number of hydrogen-bond donors (Lipinski definition) is 1. The number of hydrogen-bond acceptors (Lipinski definition) is 7. The minimum Gasteiger partial charge on any atom is -0.507 e. The Morgan fingerprint density at radius 3 is 2.46 bits per heavy atom. The summed E-state index contributed by atoms with van der Waals surface area (Å²) < 4.78 is 22.3. The van der Waals surface area contributed by atoms with Crippen LogP contribution in [0.25, 0.3) is 5.76 Å². The van der Waals surface area contributed by atoms with Crippen molar-refractivity contribution >= 4 is 17.4 Å². The average molecular weight is 478 g/mol. The Balaban J connectivity index is 1.91. The number of amides is 1. The number of carbonyl (C=O) groups excluding carboxylic acids is 2. The molecule has 1 N–H and O–H groups in total. The van der Waals surface area contributed by atoms with E-state index in [9.17, 15) is 14.7 Å². The van der Waals surface area contributed by atoms with Gasteiger partial charge in [0.2, 0.25) is 0 Å². The van der Waals surface area contributed by atoms with Crippen LogP contribution in [-0.4, -0.2) is 42.0 Å². The number of aliphatic hydroxyl groups is 1. The molecule has 8 heteroatoms. The number of methoxy groups -OCH3 is 1. The third kappa shape index (κ3) is 4.59. The normalized spacial score (nSPS) is 17.0. The summed E-state index contributed by atoms with van der Waals surface area (Å²) in [6.07, 6.45) is 1.50. The highest BCUT2D eigenvalue weighted by molar-refractivity contribution is 6.46. The van der Waals surface area contributed by atoms with Crippen molar-refractivity contribution in [1.29, 1.82) is 0 Å². The van der Waals surface area contributed by atoms with Crippen molar-refractivity contribution in [2.75, 3.05) is 20.3 Å². The van der Waals surface area contributed by atoms with E-state index in [1.54, 1.807) is 54.6 Å². The standard InChI is InChI=1S/C27H27NO7/c1-4-33-17-12-13-20(22(15-17)34-5-2)25(29)23-24(19-10-6-7-11-21(19)32-3)28(27(31)26(23)30)16-18-9-8-14-35-18/h6-15,24,29H,4-5,16H2,1-3H3/b25-23+. The highest BCUT2D eigenvalue weighted by Crippen LogP contribution is 2.44. The fourth-order valence-corrected chi connectivity index (χ4v) is 4.20. The largest absolute Gasteiger partial charge is 0.507 e. The lowest BCUT2D eigenvalue weighted by Gasteiger charge is -2.26. The molecule has 1 atom stereocenters.